The van der Waals surface area contributed by atoms with Crippen LogP contribution < -0.4 is 15.0 Å². The number of hydrogen-bond acceptors (Lipinski definition) is 6. The summed E-state index contributed by atoms with van der Waals surface area (Å²) in [6, 6.07) is 17.3. The number of fused-ring (bicyclic) bond motifs is 1. The molecule has 0 aliphatic carbocycles. The quantitative estimate of drug-likeness (QED) is 0.750. The number of carbonyl (C=O) groups excluding carboxylic acids is 1. The third-order valence-corrected chi connectivity index (χ3v) is 5.38. The van der Waals surface area contributed by atoms with Crippen LogP contribution in [0.25, 0.3) is 5.69 Å². The van der Waals surface area contributed by atoms with Crippen molar-refractivity contribution in [2.75, 3.05) is 24.5 Å². The third-order valence-electron chi connectivity index (χ3n) is 5.38. The molecule has 2 atom stereocenters. The summed E-state index contributed by atoms with van der Waals surface area (Å²) in [5, 5.41) is 15.2. The Morgan fingerprint density at radius 3 is 2.54 bits per heavy atom. The lowest BCUT2D eigenvalue weighted by molar-refractivity contribution is -0.124. The van der Waals surface area contributed by atoms with E-state index >= 15 is 0 Å². The SMILES string of the molecule is O=C1C[C@@H]2CN(c3nnnn3-c3ccc(Oc4ccccc4)cc3)C[C@@H]2CN1. The van der Waals surface area contributed by atoms with Crippen LogP contribution in [-0.2, 0) is 4.79 Å². The summed E-state index contributed by atoms with van der Waals surface area (Å²) in [4.78, 5) is 13.8. The number of nitrogens with one attached hydrogen (secondary N) is 1. The zero-order valence-corrected chi connectivity index (χ0v) is 15.2. The van der Waals surface area contributed by atoms with Crippen molar-refractivity contribution in [2.45, 2.75) is 6.42 Å². The number of tetrazole rings is 1. The monoisotopic (exact) mass is 376 g/mol. The van der Waals surface area contributed by atoms with Crippen molar-refractivity contribution >= 4 is 11.9 Å². The first-order valence-electron chi connectivity index (χ1n) is 9.39. The van der Waals surface area contributed by atoms with Gasteiger partial charge in [-0.15, -0.1) is 0 Å². The highest BCUT2D eigenvalue weighted by Gasteiger charge is 2.39. The second-order valence-electron chi connectivity index (χ2n) is 7.23. The van der Waals surface area contributed by atoms with E-state index in [1.54, 1.807) is 4.68 Å². The van der Waals surface area contributed by atoms with Crippen LogP contribution in [0.15, 0.2) is 54.6 Å². The largest absolute Gasteiger partial charge is 0.457 e. The Morgan fingerprint density at radius 1 is 0.964 bits per heavy atom. The van der Waals surface area contributed by atoms with Gasteiger partial charge in [0.1, 0.15) is 11.5 Å². The molecule has 0 radical (unpaired) electrons. The van der Waals surface area contributed by atoms with Crippen LogP contribution in [0.2, 0.25) is 0 Å². The van der Waals surface area contributed by atoms with Crippen LogP contribution in [0.5, 0.6) is 11.5 Å². The molecule has 0 saturated carbocycles. The van der Waals surface area contributed by atoms with Crippen LogP contribution >= 0.6 is 0 Å². The number of piperidine rings is 1. The number of benzene rings is 2. The summed E-state index contributed by atoms with van der Waals surface area (Å²) in [5.74, 6) is 3.20. The zero-order chi connectivity index (χ0) is 18.9. The molecule has 2 aliphatic rings. The molecule has 0 spiro atoms. The third kappa shape index (κ3) is 3.17. The predicted molar refractivity (Wildman–Crippen MR) is 102 cm³/mol. The number of ether oxygens (including phenoxy) is 1. The van der Waals surface area contributed by atoms with Gasteiger partial charge in [0, 0.05) is 26.1 Å². The van der Waals surface area contributed by atoms with Gasteiger partial charge in [-0.1, -0.05) is 23.3 Å². The molecule has 2 aromatic carbocycles. The predicted octanol–water partition coefficient (Wildman–Crippen LogP) is 2.03. The van der Waals surface area contributed by atoms with Gasteiger partial charge < -0.3 is 15.0 Å². The van der Waals surface area contributed by atoms with Gasteiger partial charge in [0.05, 0.1) is 5.69 Å². The van der Waals surface area contributed by atoms with E-state index in [-0.39, 0.29) is 5.91 Å². The van der Waals surface area contributed by atoms with Crippen LogP contribution in [0.4, 0.5) is 5.95 Å². The second-order valence-corrected chi connectivity index (χ2v) is 7.23. The summed E-state index contributed by atoms with van der Waals surface area (Å²) in [7, 11) is 0. The fraction of sp³-hybridized carbons (Fsp3) is 0.300. The van der Waals surface area contributed by atoms with Gasteiger partial charge in [-0.05, 0) is 58.7 Å². The van der Waals surface area contributed by atoms with E-state index in [2.05, 4.69) is 25.7 Å². The first-order chi connectivity index (χ1) is 13.8. The molecule has 0 unspecified atom stereocenters. The summed E-state index contributed by atoms with van der Waals surface area (Å²) >= 11 is 0. The van der Waals surface area contributed by atoms with Crippen molar-refractivity contribution in [3.63, 3.8) is 0 Å². The van der Waals surface area contributed by atoms with E-state index < -0.39 is 0 Å². The lowest BCUT2D eigenvalue weighted by Crippen LogP contribution is -2.39. The Balaban J connectivity index is 1.34. The van der Waals surface area contributed by atoms with Gasteiger partial charge in [0.15, 0.2) is 0 Å². The highest BCUT2D eigenvalue weighted by Crippen LogP contribution is 2.32. The van der Waals surface area contributed by atoms with Crippen LogP contribution in [0.3, 0.4) is 0 Å². The molecule has 3 heterocycles. The molecular formula is C20H20N6O2. The fourth-order valence-corrected chi connectivity index (χ4v) is 3.95. The maximum atomic E-state index is 11.7. The molecule has 0 bridgehead atoms. The first kappa shape index (κ1) is 16.7. The molecule has 3 aromatic rings. The smallest absolute Gasteiger partial charge is 0.250 e. The maximum Gasteiger partial charge on any atom is 0.250 e. The van der Waals surface area contributed by atoms with Crippen molar-refractivity contribution < 1.29 is 9.53 Å². The van der Waals surface area contributed by atoms with Gasteiger partial charge in [0.2, 0.25) is 11.9 Å². The Hall–Kier alpha value is -3.42. The minimum Gasteiger partial charge on any atom is -0.457 e. The van der Waals surface area contributed by atoms with Crippen LogP contribution in [-0.4, -0.2) is 45.7 Å². The number of para-hydroxylation sites is 1. The van der Waals surface area contributed by atoms with Crippen molar-refractivity contribution in [1.82, 2.24) is 25.5 Å². The number of rotatable bonds is 4. The number of carbonyl (C=O) groups is 1. The average molecular weight is 376 g/mol. The molecular weight excluding hydrogens is 356 g/mol. The topological polar surface area (TPSA) is 85.2 Å². The molecule has 1 aromatic heterocycles. The fourth-order valence-electron chi connectivity index (χ4n) is 3.95. The van der Waals surface area contributed by atoms with E-state index in [9.17, 15) is 4.79 Å². The lowest BCUT2D eigenvalue weighted by Gasteiger charge is -2.23. The van der Waals surface area contributed by atoms with Gasteiger partial charge in [-0.25, -0.2) is 0 Å². The highest BCUT2D eigenvalue weighted by atomic mass is 16.5. The van der Waals surface area contributed by atoms with E-state index in [1.807, 2.05) is 54.6 Å². The molecule has 2 aliphatic heterocycles. The molecule has 28 heavy (non-hydrogen) atoms. The Morgan fingerprint density at radius 2 is 1.71 bits per heavy atom. The molecule has 5 rings (SSSR count). The number of hydrogen-bond donors (Lipinski definition) is 1. The van der Waals surface area contributed by atoms with E-state index in [0.29, 0.717) is 24.2 Å². The normalized spacial score (nSPS) is 21.3. The first-order valence-corrected chi connectivity index (χ1v) is 9.39. The summed E-state index contributed by atoms with van der Waals surface area (Å²) in [5.41, 5.74) is 0.865. The molecule has 142 valence electrons. The standard InChI is InChI=1S/C20H20N6O2/c27-19-10-14-12-25(13-15(14)11-21-19)20-22-23-24-26(20)16-6-8-18(9-7-16)28-17-4-2-1-3-5-17/h1-9,14-15H,10-13H2,(H,21,27)/t14-,15+/m1/s1. The zero-order valence-electron chi connectivity index (χ0n) is 15.2. The minimum absolute atomic E-state index is 0.136. The second kappa shape index (κ2) is 6.95. The molecule has 1 N–H and O–H groups in total. The molecule has 2 saturated heterocycles. The van der Waals surface area contributed by atoms with Crippen molar-refractivity contribution in [2.24, 2.45) is 11.8 Å². The van der Waals surface area contributed by atoms with E-state index in [1.165, 1.54) is 0 Å². The highest BCUT2D eigenvalue weighted by molar-refractivity contribution is 5.77. The Kier molecular flexibility index (Phi) is 4.16. The van der Waals surface area contributed by atoms with Crippen molar-refractivity contribution in [3.05, 3.63) is 54.6 Å². The van der Waals surface area contributed by atoms with Crippen molar-refractivity contribution in [1.29, 1.82) is 0 Å². The van der Waals surface area contributed by atoms with Gasteiger partial charge in [0.25, 0.3) is 0 Å². The van der Waals surface area contributed by atoms with Crippen LogP contribution in [0, 0.1) is 11.8 Å². The van der Waals surface area contributed by atoms with E-state index in [4.69, 9.17) is 4.74 Å². The van der Waals surface area contributed by atoms with Gasteiger partial charge >= 0.3 is 0 Å². The summed E-state index contributed by atoms with van der Waals surface area (Å²) in [6.45, 7) is 2.38. The van der Waals surface area contributed by atoms with Crippen LogP contribution in [0.1, 0.15) is 6.42 Å². The molecule has 8 heteroatoms. The van der Waals surface area contributed by atoms with E-state index in [0.717, 1.165) is 36.8 Å². The maximum absolute atomic E-state index is 11.7. The van der Waals surface area contributed by atoms with Gasteiger partial charge in [-0.2, -0.15) is 4.68 Å². The Bertz CT molecular complexity index is 972. The van der Waals surface area contributed by atoms with Gasteiger partial charge in [-0.3, -0.25) is 4.79 Å². The lowest BCUT2D eigenvalue weighted by atomic mass is 9.89. The Labute approximate surface area is 162 Å². The summed E-state index contributed by atoms with van der Waals surface area (Å²) < 4.78 is 7.58. The number of anilines is 1. The molecule has 8 nitrogen and oxygen atoms in total. The number of aromatic nitrogens is 4. The molecule has 2 fully saturated rings. The number of amides is 1. The molecule has 1 amide bonds. The number of nitrogens with zero attached hydrogens (tertiary/aromatic N) is 5. The van der Waals surface area contributed by atoms with Crippen molar-refractivity contribution in [3.8, 4) is 17.2 Å². The summed E-state index contributed by atoms with van der Waals surface area (Å²) in [6.07, 6.45) is 0.578. The average Bonchev–Trinajstić information content (AvgIpc) is 3.35. The minimum atomic E-state index is 0.136.